The lowest BCUT2D eigenvalue weighted by molar-refractivity contribution is 1.33. The van der Waals surface area contributed by atoms with Crippen LogP contribution >= 0.6 is 34.2 Å². The van der Waals surface area contributed by atoms with Gasteiger partial charge in [0.05, 0.1) is 10.5 Å². The number of aryl methyl sites for hydroxylation is 1. The van der Waals surface area contributed by atoms with Gasteiger partial charge in [0.1, 0.15) is 0 Å². The molecule has 1 aromatic carbocycles. The summed E-state index contributed by atoms with van der Waals surface area (Å²) in [5.41, 5.74) is 2.01. The van der Waals surface area contributed by atoms with E-state index in [1.807, 2.05) is 31.3 Å². The standard InChI is InChI=1S/C10H7ClIN/c1-6-5-13-10-7(9(6)11)3-2-4-8(10)12/h2-5H,1H3. The molecule has 1 nitrogen and oxygen atoms in total. The Morgan fingerprint density at radius 1 is 1.38 bits per heavy atom. The van der Waals surface area contributed by atoms with Gasteiger partial charge in [0.2, 0.25) is 0 Å². The number of nitrogens with zero attached hydrogens (tertiary/aromatic N) is 1. The highest BCUT2D eigenvalue weighted by atomic mass is 127. The van der Waals surface area contributed by atoms with Crippen molar-refractivity contribution in [2.45, 2.75) is 6.92 Å². The molecule has 0 saturated carbocycles. The van der Waals surface area contributed by atoms with Crippen LogP contribution in [-0.4, -0.2) is 4.98 Å². The summed E-state index contributed by atoms with van der Waals surface area (Å²) < 4.78 is 1.14. The van der Waals surface area contributed by atoms with E-state index in [1.54, 1.807) is 0 Å². The zero-order valence-electron chi connectivity index (χ0n) is 7.01. The first-order chi connectivity index (χ1) is 6.20. The lowest BCUT2D eigenvalue weighted by Gasteiger charge is -2.03. The molecule has 0 bridgehead atoms. The van der Waals surface area contributed by atoms with Crippen LogP contribution in [0.25, 0.3) is 10.9 Å². The normalized spacial score (nSPS) is 10.7. The molecule has 0 fully saturated rings. The number of para-hydroxylation sites is 1. The lowest BCUT2D eigenvalue weighted by Crippen LogP contribution is -1.86. The van der Waals surface area contributed by atoms with Crippen LogP contribution in [-0.2, 0) is 0 Å². The third kappa shape index (κ3) is 1.53. The van der Waals surface area contributed by atoms with E-state index in [9.17, 15) is 0 Å². The predicted octanol–water partition coefficient (Wildman–Crippen LogP) is 3.80. The molecule has 0 aliphatic rings. The van der Waals surface area contributed by atoms with Crippen LogP contribution in [0.1, 0.15) is 5.56 Å². The largest absolute Gasteiger partial charge is 0.255 e. The fourth-order valence-electron chi connectivity index (χ4n) is 1.25. The summed E-state index contributed by atoms with van der Waals surface area (Å²) in [7, 11) is 0. The first-order valence-electron chi connectivity index (χ1n) is 3.89. The van der Waals surface area contributed by atoms with Gasteiger partial charge in [0, 0.05) is 15.2 Å². The van der Waals surface area contributed by atoms with Crippen molar-refractivity contribution < 1.29 is 0 Å². The molecule has 0 aliphatic carbocycles. The molecule has 1 heterocycles. The van der Waals surface area contributed by atoms with Gasteiger partial charge in [-0.3, -0.25) is 4.98 Å². The topological polar surface area (TPSA) is 12.9 Å². The Bertz CT molecular complexity index is 468. The van der Waals surface area contributed by atoms with Crippen molar-refractivity contribution in [2.75, 3.05) is 0 Å². The molecule has 2 rings (SSSR count). The molecule has 1 aromatic heterocycles. The third-order valence-corrected chi connectivity index (χ3v) is 3.33. The van der Waals surface area contributed by atoms with E-state index in [0.717, 1.165) is 25.1 Å². The van der Waals surface area contributed by atoms with Gasteiger partial charge in [-0.15, -0.1) is 0 Å². The van der Waals surface area contributed by atoms with Crippen molar-refractivity contribution in [1.29, 1.82) is 0 Å². The number of hydrogen-bond acceptors (Lipinski definition) is 1. The Labute approximate surface area is 95.3 Å². The van der Waals surface area contributed by atoms with Crippen LogP contribution in [0, 0.1) is 10.5 Å². The fraction of sp³-hybridized carbons (Fsp3) is 0.100. The number of rotatable bonds is 0. The Morgan fingerprint density at radius 3 is 2.92 bits per heavy atom. The molecule has 13 heavy (non-hydrogen) atoms. The summed E-state index contributed by atoms with van der Waals surface area (Å²) in [5, 5.41) is 1.84. The highest BCUT2D eigenvalue weighted by molar-refractivity contribution is 14.1. The summed E-state index contributed by atoms with van der Waals surface area (Å²) in [6, 6.07) is 6.03. The average molecular weight is 304 g/mol. The van der Waals surface area contributed by atoms with Crippen LogP contribution in [0.2, 0.25) is 5.02 Å². The van der Waals surface area contributed by atoms with Crippen molar-refractivity contribution in [2.24, 2.45) is 0 Å². The van der Waals surface area contributed by atoms with Crippen molar-refractivity contribution in [3.05, 3.63) is 38.6 Å². The maximum absolute atomic E-state index is 6.15. The summed E-state index contributed by atoms with van der Waals surface area (Å²) in [6.45, 7) is 1.97. The molecule has 0 unspecified atom stereocenters. The smallest absolute Gasteiger partial charge is 0.0850 e. The molecule has 3 heteroatoms. The molecule has 66 valence electrons. The van der Waals surface area contributed by atoms with Crippen LogP contribution in [0.15, 0.2) is 24.4 Å². The Balaban J connectivity index is 2.94. The minimum Gasteiger partial charge on any atom is -0.255 e. The zero-order chi connectivity index (χ0) is 9.42. The first kappa shape index (κ1) is 9.21. The summed E-state index contributed by atoms with van der Waals surface area (Å²) >= 11 is 8.42. The van der Waals surface area contributed by atoms with E-state index < -0.39 is 0 Å². The lowest BCUT2D eigenvalue weighted by atomic mass is 10.2. The third-order valence-electron chi connectivity index (χ3n) is 1.96. The van der Waals surface area contributed by atoms with E-state index in [4.69, 9.17) is 11.6 Å². The number of halogens is 2. The summed E-state index contributed by atoms with van der Waals surface area (Å²) in [4.78, 5) is 4.35. The van der Waals surface area contributed by atoms with E-state index in [1.165, 1.54) is 0 Å². The molecule has 0 spiro atoms. The second-order valence-corrected chi connectivity index (χ2v) is 4.43. The fourth-order valence-corrected chi connectivity index (χ4v) is 2.09. The van der Waals surface area contributed by atoms with Gasteiger partial charge >= 0.3 is 0 Å². The summed E-state index contributed by atoms with van der Waals surface area (Å²) in [5.74, 6) is 0. The Kier molecular flexibility index (Phi) is 2.43. The van der Waals surface area contributed by atoms with Crippen molar-refractivity contribution in [3.8, 4) is 0 Å². The van der Waals surface area contributed by atoms with Crippen molar-refractivity contribution >= 4 is 45.1 Å². The quantitative estimate of drug-likeness (QED) is 0.675. The van der Waals surface area contributed by atoms with Crippen LogP contribution < -0.4 is 0 Å². The average Bonchev–Trinajstić information content (AvgIpc) is 2.12. The monoisotopic (exact) mass is 303 g/mol. The highest BCUT2D eigenvalue weighted by Gasteiger charge is 2.04. The molecule has 0 radical (unpaired) electrons. The molecule has 0 saturated heterocycles. The van der Waals surface area contributed by atoms with Crippen LogP contribution in [0.4, 0.5) is 0 Å². The van der Waals surface area contributed by atoms with Gasteiger partial charge in [-0.1, -0.05) is 23.7 Å². The van der Waals surface area contributed by atoms with Crippen LogP contribution in [0.5, 0.6) is 0 Å². The van der Waals surface area contributed by atoms with Gasteiger partial charge in [-0.2, -0.15) is 0 Å². The second kappa shape index (κ2) is 3.42. The van der Waals surface area contributed by atoms with Gasteiger partial charge in [-0.05, 0) is 41.1 Å². The maximum atomic E-state index is 6.15. The maximum Gasteiger partial charge on any atom is 0.0850 e. The number of hydrogen-bond donors (Lipinski definition) is 0. The van der Waals surface area contributed by atoms with Gasteiger partial charge in [0.15, 0.2) is 0 Å². The summed E-state index contributed by atoms with van der Waals surface area (Å²) in [6.07, 6.45) is 1.81. The molecule has 0 N–H and O–H groups in total. The van der Waals surface area contributed by atoms with Crippen molar-refractivity contribution in [3.63, 3.8) is 0 Å². The SMILES string of the molecule is Cc1cnc2c(I)cccc2c1Cl. The number of benzene rings is 1. The molecular weight excluding hydrogens is 296 g/mol. The number of pyridine rings is 1. The van der Waals surface area contributed by atoms with E-state index in [2.05, 4.69) is 27.6 Å². The van der Waals surface area contributed by atoms with E-state index in [-0.39, 0.29) is 0 Å². The van der Waals surface area contributed by atoms with E-state index >= 15 is 0 Å². The van der Waals surface area contributed by atoms with Gasteiger partial charge in [-0.25, -0.2) is 0 Å². The zero-order valence-corrected chi connectivity index (χ0v) is 9.93. The Hall–Kier alpha value is -0.350. The van der Waals surface area contributed by atoms with Crippen LogP contribution in [0.3, 0.4) is 0 Å². The van der Waals surface area contributed by atoms with Crippen molar-refractivity contribution in [1.82, 2.24) is 4.98 Å². The minimum atomic E-state index is 0.809. The number of fused-ring (bicyclic) bond motifs is 1. The second-order valence-electron chi connectivity index (χ2n) is 2.89. The molecule has 0 amide bonds. The number of aromatic nitrogens is 1. The highest BCUT2D eigenvalue weighted by Crippen LogP contribution is 2.27. The predicted molar refractivity (Wildman–Crippen MR) is 64.2 cm³/mol. The Morgan fingerprint density at radius 2 is 2.15 bits per heavy atom. The van der Waals surface area contributed by atoms with Gasteiger partial charge < -0.3 is 0 Å². The molecular formula is C10H7ClIN. The minimum absolute atomic E-state index is 0.809. The first-order valence-corrected chi connectivity index (χ1v) is 5.35. The molecule has 2 aromatic rings. The van der Waals surface area contributed by atoms with Gasteiger partial charge in [0.25, 0.3) is 0 Å². The molecule has 0 atom stereocenters. The molecule has 0 aliphatic heterocycles. The van der Waals surface area contributed by atoms with E-state index in [0.29, 0.717) is 0 Å².